The highest BCUT2D eigenvalue weighted by Gasteiger charge is 2.28. The molecule has 12 rings (SSSR count). The van der Waals surface area contributed by atoms with Crippen LogP contribution in [0.4, 0.5) is 11.4 Å². The molecule has 0 amide bonds. The standard InChI is InChI=1S/C54H36N2O2/c1-3-15-35(16-4-1)39-22-13-23-43-44-24-14-27-49(53(44)58-52(39)43)56(38-31-29-37(30-32-38)55-46-25-10-7-19-41(46)42-20-8-11-26-47(42)55)48-34-33-40(36-17-5-2-6-18-36)54-51(48)45-21-9-12-28-50(45)57-54/h1-29,31,33-34H,30,32H2. The highest BCUT2D eigenvalue weighted by Crippen LogP contribution is 2.49. The van der Waals surface area contributed by atoms with E-state index in [0.29, 0.717) is 0 Å². The Morgan fingerprint density at radius 3 is 1.67 bits per heavy atom. The van der Waals surface area contributed by atoms with Gasteiger partial charge in [-0.3, -0.25) is 0 Å². The van der Waals surface area contributed by atoms with Crippen LogP contribution in [0.3, 0.4) is 0 Å². The summed E-state index contributed by atoms with van der Waals surface area (Å²) < 4.78 is 16.4. The second-order valence-electron chi connectivity index (χ2n) is 15.1. The van der Waals surface area contributed by atoms with E-state index in [1.54, 1.807) is 0 Å². The lowest BCUT2D eigenvalue weighted by atomic mass is 9.98. The summed E-state index contributed by atoms with van der Waals surface area (Å²) in [5.74, 6) is 0. The molecule has 274 valence electrons. The molecule has 0 bridgehead atoms. The zero-order chi connectivity index (χ0) is 38.2. The zero-order valence-corrected chi connectivity index (χ0v) is 31.6. The Labute approximate surface area is 334 Å². The topological polar surface area (TPSA) is 34.5 Å². The van der Waals surface area contributed by atoms with Gasteiger partial charge in [-0.05, 0) is 72.5 Å². The lowest BCUT2D eigenvalue weighted by Gasteiger charge is -2.31. The van der Waals surface area contributed by atoms with Crippen molar-refractivity contribution in [2.24, 2.45) is 0 Å². The molecule has 0 radical (unpaired) electrons. The van der Waals surface area contributed by atoms with Gasteiger partial charge in [0.05, 0.1) is 27.8 Å². The van der Waals surface area contributed by atoms with Crippen molar-refractivity contribution in [3.63, 3.8) is 0 Å². The summed E-state index contributed by atoms with van der Waals surface area (Å²) in [7, 11) is 0. The van der Waals surface area contributed by atoms with Crippen LogP contribution in [0.5, 0.6) is 0 Å². The molecule has 0 aliphatic heterocycles. The van der Waals surface area contributed by atoms with Crippen LogP contribution in [0, 0.1) is 0 Å². The number of hydrogen-bond acceptors (Lipinski definition) is 3. The molecule has 0 saturated carbocycles. The first kappa shape index (κ1) is 32.7. The van der Waals surface area contributed by atoms with Gasteiger partial charge in [0, 0.05) is 49.5 Å². The van der Waals surface area contributed by atoms with Crippen LogP contribution >= 0.6 is 0 Å². The van der Waals surface area contributed by atoms with Crippen molar-refractivity contribution in [3.8, 4) is 22.3 Å². The molecule has 1 aliphatic rings. The van der Waals surface area contributed by atoms with Crippen molar-refractivity contribution in [1.29, 1.82) is 0 Å². The van der Waals surface area contributed by atoms with E-state index in [0.717, 1.165) is 90.3 Å². The molecular weight excluding hydrogens is 709 g/mol. The maximum atomic E-state index is 7.10. The minimum absolute atomic E-state index is 0.816. The third-order valence-electron chi connectivity index (χ3n) is 11.9. The van der Waals surface area contributed by atoms with E-state index < -0.39 is 0 Å². The highest BCUT2D eigenvalue weighted by atomic mass is 16.3. The third-order valence-corrected chi connectivity index (χ3v) is 11.9. The number of nitrogens with zero attached hydrogens (tertiary/aromatic N) is 2. The molecular formula is C54H36N2O2. The summed E-state index contributed by atoms with van der Waals surface area (Å²) in [6.45, 7) is 0. The number of furan rings is 2. The number of rotatable bonds is 6. The average molecular weight is 745 g/mol. The van der Waals surface area contributed by atoms with Crippen LogP contribution < -0.4 is 4.90 Å². The summed E-state index contributed by atoms with van der Waals surface area (Å²) in [6, 6.07) is 64.5. The number of para-hydroxylation sites is 5. The van der Waals surface area contributed by atoms with Gasteiger partial charge in [0.2, 0.25) is 0 Å². The fraction of sp³-hybridized carbons (Fsp3) is 0.0370. The lowest BCUT2D eigenvalue weighted by Crippen LogP contribution is -2.19. The number of anilines is 2. The molecule has 4 heteroatoms. The smallest absolute Gasteiger partial charge is 0.159 e. The Morgan fingerprint density at radius 2 is 0.983 bits per heavy atom. The van der Waals surface area contributed by atoms with E-state index in [2.05, 4.69) is 204 Å². The molecule has 0 atom stereocenters. The van der Waals surface area contributed by atoms with E-state index in [4.69, 9.17) is 8.83 Å². The molecule has 8 aromatic carbocycles. The molecule has 58 heavy (non-hydrogen) atoms. The normalized spacial score (nSPS) is 13.2. The Kier molecular flexibility index (Phi) is 7.32. The number of allylic oxidation sites excluding steroid dienone is 4. The van der Waals surface area contributed by atoms with Gasteiger partial charge in [0.15, 0.2) is 5.58 Å². The third kappa shape index (κ3) is 4.95. The van der Waals surface area contributed by atoms with E-state index in [-0.39, 0.29) is 0 Å². The zero-order valence-electron chi connectivity index (χ0n) is 31.6. The first-order chi connectivity index (χ1) is 28.8. The Morgan fingerprint density at radius 1 is 0.397 bits per heavy atom. The average Bonchev–Trinajstić information content (AvgIpc) is 3.98. The Balaban J connectivity index is 1.13. The van der Waals surface area contributed by atoms with E-state index in [1.807, 2.05) is 0 Å². The minimum Gasteiger partial charge on any atom is -0.455 e. The van der Waals surface area contributed by atoms with Crippen LogP contribution in [0.2, 0.25) is 0 Å². The minimum atomic E-state index is 0.816. The summed E-state index contributed by atoms with van der Waals surface area (Å²) in [5, 5.41) is 6.89. The molecule has 1 aliphatic carbocycles. The van der Waals surface area contributed by atoms with Gasteiger partial charge >= 0.3 is 0 Å². The van der Waals surface area contributed by atoms with Crippen molar-refractivity contribution in [2.45, 2.75) is 12.8 Å². The molecule has 0 saturated heterocycles. The van der Waals surface area contributed by atoms with Crippen molar-refractivity contribution in [3.05, 3.63) is 200 Å². The van der Waals surface area contributed by atoms with Crippen LogP contribution in [0.25, 0.3) is 93.6 Å². The van der Waals surface area contributed by atoms with Crippen LogP contribution in [0.15, 0.2) is 209 Å². The van der Waals surface area contributed by atoms with Gasteiger partial charge in [-0.2, -0.15) is 0 Å². The molecule has 3 aromatic heterocycles. The lowest BCUT2D eigenvalue weighted by molar-refractivity contribution is 0.668. The molecule has 0 spiro atoms. The fourth-order valence-corrected chi connectivity index (χ4v) is 9.33. The quantitative estimate of drug-likeness (QED) is 0.170. The van der Waals surface area contributed by atoms with Gasteiger partial charge in [-0.1, -0.05) is 146 Å². The van der Waals surface area contributed by atoms with Gasteiger partial charge in [0.1, 0.15) is 16.7 Å². The van der Waals surface area contributed by atoms with Crippen molar-refractivity contribution in [2.75, 3.05) is 4.90 Å². The molecule has 0 N–H and O–H groups in total. The number of aromatic nitrogens is 1. The van der Waals surface area contributed by atoms with Crippen LogP contribution in [-0.4, -0.2) is 4.57 Å². The van der Waals surface area contributed by atoms with E-state index >= 15 is 0 Å². The summed E-state index contributed by atoms with van der Waals surface area (Å²) >= 11 is 0. The van der Waals surface area contributed by atoms with Crippen molar-refractivity contribution in [1.82, 2.24) is 4.57 Å². The monoisotopic (exact) mass is 744 g/mol. The Bertz CT molecular complexity index is 3400. The van der Waals surface area contributed by atoms with E-state index in [9.17, 15) is 0 Å². The maximum Gasteiger partial charge on any atom is 0.159 e. The molecule has 0 unspecified atom stereocenters. The van der Waals surface area contributed by atoms with Gasteiger partial charge in [-0.15, -0.1) is 0 Å². The van der Waals surface area contributed by atoms with Crippen LogP contribution in [0.1, 0.15) is 12.8 Å². The summed E-state index contributed by atoms with van der Waals surface area (Å²) in [6.07, 6.45) is 6.31. The van der Waals surface area contributed by atoms with Gasteiger partial charge < -0.3 is 18.3 Å². The van der Waals surface area contributed by atoms with E-state index in [1.165, 1.54) is 33.2 Å². The Hall–Kier alpha value is -7.56. The second-order valence-corrected chi connectivity index (χ2v) is 15.1. The molecule has 3 heterocycles. The van der Waals surface area contributed by atoms with Crippen molar-refractivity contribution >= 4 is 82.8 Å². The van der Waals surface area contributed by atoms with Crippen molar-refractivity contribution < 1.29 is 8.83 Å². The van der Waals surface area contributed by atoms with Gasteiger partial charge in [-0.25, -0.2) is 0 Å². The molecule has 0 fully saturated rings. The number of fused-ring (bicyclic) bond motifs is 9. The summed E-state index contributed by atoms with van der Waals surface area (Å²) in [4.78, 5) is 2.44. The maximum absolute atomic E-state index is 7.10. The number of benzene rings is 8. The first-order valence-electron chi connectivity index (χ1n) is 20.0. The van der Waals surface area contributed by atoms with Crippen LogP contribution in [-0.2, 0) is 0 Å². The molecule has 11 aromatic rings. The SMILES string of the molecule is C1=C(N(c2cccc3c2oc2c(-c4ccccc4)cccc23)c2ccc(-c3ccccc3)c3oc4ccccc4c23)CCC(n2c3ccccc3c3ccccc32)=C1. The second kappa shape index (κ2) is 13.0. The largest absolute Gasteiger partial charge is 0.455 e. The number of hydrogen-bond donors (Lipinski definition) is 0. The molecule has 4 nitrogen and oxygen atoms in total. The fourth-order valence-electron chi connectivity index (χ4n) is 9.33. The highest BCUT2D eigenvalue weighted by molar-refractivity contribution is 6.19. The van der Waals surface area contributed by atoms with Gasteiger partial charge in [0.25, 0.3) is 0 Å². The first-order valence-corrected chi connectivity index (χ1v) is 20.0. The predicted octanol–water partition coefficient (Wildman–Crippen LogP) is 15.3. The predicted molar refractivity (Wildman–Crippen MR) is 241 cm³/mol. The summed E-state index contributed by atoms with van der Waals surface area (Å²) in [5.41, 5.74) is 14.8.